The topological polar surface area (TPSA) is 89.1 Å². The van der Waals surface area contributed by atoms with E-state index in [1.54, 1.807) is 18.2 Å². The molecule has 0 aliphatic rings. The number of aromatic nitrogens is 2. The number of hydrogen-bond donors (Lipinski definition) is 2. The van der Waals surface area contributed by atoms with E-state index in [1.165, 1.54) is 0 Å². The maximum atomic E-state index is 10.7. The minimum Gasteiger partial charge on any atom is -0.480 e. The second-order valence-electron chi connectivity index (χ2n) is 2.80. The molecule has 2 rings (SSSR count). The maximum Gasteiger partial charge on any atom is 0.325 e. The molecule has 1 aromatic carbocycles. The van der Waals surface area contributed by atoms with Gasteiger partial charge in [0.2, 0.25) is 0 Å². The molecule has 0 aliphatic heterocycles. The summed E-state index contributed by atoms with van der Waals surface area (Å²) in [6.07, 6.45) is 0. The van der Waals surface area contributed by atoms with Gasteiger partial charge in [-0.05, 0) is 6.07 Å². The molecule has 3 N–H and O–H groups in total. The fraction of sp³-hybridized carbons (Fsp3) is 0.125. The predicted octanol–water partition coefficient (Wildman–Crippen LogP) is 1.20. The molecule has 0 radical (unpaired) electrons. The predicted molar refractivity (Wildman–Crippen MR) is 59.2 cm³/mol. The first kappa shape index (κ1) is 11.8. The van der Waals surface area contributed by atoms with Crippen molar-refractivity contribution in [1.82, 2.24) is 8.75 Å². The fourth-order valence-electron chi connectivity index (χ4n) is 1.21. The van der Waals surface area contributed by atoms with E-state index < -0.39 is 12.0 Å². The molecule has 0 saturated carbocycles. The number of aliphatic carboxylic acids is 1. The molecule has 1 atom stereocenters. The standard InChI is InChI=1S/C8H7N3O2S.ClH/c9-6(8(12)13)4-2-1-3-5-7(4)11-14-10-5;/h1-3,6H,9H2,(H,12,13);1H. The molecule has 80 valence electrons. The molecule has 0 spiro atoms. The molecule has 0 bridgehead atoms. The van der Waals surface area contributed by atoms with Crippen LogP contribution in [-0.4, -0.2) is 19.8 Å². The maximum absolute atomic E-state index is 10.7. The third-order valence-corrected chi connectivity index (χ3v) is 2.46. The van der Waals surface area contributed by atoms with Crippen molar-refractivity contribution in [2.75, 3.05) is 0 Å². The van der Waals surface area contributed by atoms with Gasteiger partial charge in [-0.15, -0.1) is 12.4 Å². The van der Waals surface area contributed by atoms with Crippen LogP contribution in [0.4, 0.5) is 0 Å². The number of hydrogen-bond acceptors (Lipinski definition) is 5. The zero-order chi connectivity index (χ0) is 10.1. The molecule has 0 saturated heterocycles. The Kier molecular flexibility index (Phi) is 3.57. The van der Waals surface area contributed by atoms with E-state index in [0.717, 1.165) is 11.7 Å². The third kappa shape index (κ3) is 2.06. The summed E-state index contributed by atoms with van der Waals surface area (Å²) in [4.78, 5) is 10.7. The van der Waals surface area contributed by atoms with Crippen LogP contribution in [0.1, 0.15) is 11.6 Å². The SMILES string of the molecule is Cl.NC(C(=O)O)c1cccc2nsnc12. The van der Waals surface area contributed by atoms with Crippen molar-refractivity contribution in [2.45, 2.75) is 6.04 Å². The van der Waals surface area contributed by atoms with E-state index in [0.29, 0.717) is 16.6 Å². The molecule has 5 nitrogen and oxygen atoms in total. The van der Waals surface area contributed by atoms with Crippen molar-refractivity contribution in [3.63, 3.8) is 0 Å². The summed E-state index contributed by atoms with van der Waals surface area (Å²) in [7, 11) is 0. The average Bonchev–Trinajstić information content (AvgIpc) is 2.63. The lowest BCUT2D eigenvalue weighted by Crippen LogP contribution is -2.20. The Balaban J connectivity index is 0.00000112. The molecular formula is C8H8ClN3O2S. The zero-order valence-corrected chi connectivity index (χ0v) is 9.09. The molecular weight excluding hydrogens is 238 g/mol. The van der Waals surface area contributed by atoms with Gasteiger partial charge in [-0.25, -0.2) is 0 Å². The minimum atomic E-state index is -1.06. The van der Waals surface area contributed by atoms with E-state index in [9.17, 15) is 4.79 Å². The molecule has 0 fully saturated rings. The van der Waals surface area contributed by atoms with Crippen molar-refractivity contribution >= 4 is 41.1 Å². The first-order valence-electron chi connectivity index (χ1n) is 3.89. The Morgan fingerprint density at radius 1 is 1.47 bits per heavy atom. The van der Waals surface area contributed by atoms with Crippen molar-refractivity contribution in [3.05, 3.63) is 23.8 Å². The van der Waals surface area contributed by atoms with Crippen LogP contribution >= 0.6 is 24.1 Å². The van der Waals surface area contributed by atoms with Crippen LogP contribution in [0.25, 0.3) is 11.0 Å². The van der Waals surface area contributed by atoms with E-state index in [1.807, 2.05) is 0 Å². The summed E-state index contributed by atoms with van der Waals surface area (Å²) in [6.45, 7) is 0. The highest BCUT2D eigenvalue weighted by Gasteiger charge is 2.18. The smallest absolute Gasteiger partial charge is 0.325 e. The van der Waals surface area contributed by atoms with E-state index >= 15 is 0 Å². The van der Waals surface area contributed by atoms with Gasteiger partial charge in [0, 0.05) is 5.56 Å². The molecule has 0 aliphatic carbocycles. The number of carbonyl (C=O) groups is 1. The average molecular weight is 246 g/mol. The van der Waals surface area contributed by atoms with Gasteiger partial charge in [0.25, 0.3) is 0 Å². The van der Waals surface area contributed by atoms with Gasteiger partial charge in [0.05, 0.1) is 11.7 Å². The normalized spacial score (nSPS) is 12.1. The van der Waals surface area contributed by atoms with Crippen molar-refractivity contribution in [3.8, 4) is 0 Å². The van der Waals surface area contributed by atoms with Gasteiger partial charge in [-0.2, -0.15) is 8.75 Å². The third-order valence-electron chi connectivity index (χ3n) is 1.92. The number of carboxylic acids is 1. The van der Waals surface area contributed by atoms with Crippen LogP contribution in [-0.2, 0) is 4.79 Å². The summed E-state index contributed by atoms with van der Waals surface area (Å²) in [6, 6.07) is 4.11. The Hall–Kier alpha value is -1.24. The second-order valence-corrected chi connectivity index (χ2v) is 3.32. The summed E-state index contributed by atoms with van der Waals surface area (Å²) >= 11 is 1.05. The Labute approximate surface area is 95.7 Å². The highest BCUT2D eigenvalue weighted by molar-refractivity contribution is 7.00. The molecule has 1 heterocycles. The van der Waals surface area contributed by atoms with Gasteiger partial charge < -0.3 is 10.8 Å². The lowest BCUT2D eigenvalue weighted by molar-refractivity contribution is -0.138. The number of nitrogens with two attached hydrogens (primary N) is 1. The van der Waals surface area contributed by atoms with Crippen molar-refractivity contribution < 1.29 is 9.90 Å². The van der Waals surface area contributed by atoms with E-state index in [2.05, 4.69) is 8.75 Å². The molecule has 7 heteroatoms. The lowest BCUT2D eigenvalue weighted by Gasteiger charge is -2.05. The van der Waals surface area contributed by atoms with Crippen molar-refractivity contribution in [2.24, 2.45) is 5.73 Å². The van der Waals surface area contributed by atoms with Crippen LogP contribution in [0.2, 0.25) is 0 Å². The van der Waals surface area contributed by atoms with Crippen molar-refractivity contribution in [1.29, 1.82) is 0 Å². The largest absolute Gasteiger partial charge is 0.480 e. The molecule has 0 amide bonds. The number of halogens is 1. The molecule has 15 heavy (non-hydrogen) atoms. The van der Waals surface area contributed by atoms with Crippen LogP contribution in [0.5, 0.6) is 0 Å². The molecule has 1 aromatic heterocycles. The second kappa shape index (κ2) is 4.52. The van der Waals surface area contributed by atoms with Crippen LogP contribution in [0.3, 0.4) is 0 Å². The van der Waals surface area contributed by atoms with Crippen LogP contribution < -0.4 is 5.73 Å². The number of rotatable bonds is 2. The first-order chi connectivity index (χ1) is 6.70. The Bertz CT molecular complexity index is 487. The van der Waals surface area contributed by atoms with E-state index in [-0.39, 0.29) is 12.4 Å². The van der Waals surface area contributed by atoms with Gasteiger partial charge in [-0.1, -0.05) is 12.1 Å². The number of fused-ring (bicyclic) bond motifs is 1. The first-order valence-corrected chi connectivity index (χ1v) is 4.63. The highest BCUT2D eigenvalue weighted by atomic mass is 35.5. The van der Waals surface area contributed by atoms with Crippen LogP contribution in [0, 0.1) is 0 Å². The van der Waals surface area contributed by atoms with Crippen LogP contribution in [0.15, 0.2) is 18.2 Å². The summed E-state index contributed by atoms with van der Waals surface area (Å²) < 4.78 is 8.01. The summed E-state index contributed by atoms with van der Waals surface area (Å²) in [5, 5.41) is 8.76. The molecule has 2 aromatic rings. The lowest BCUT2D eigenvalue weighted by atomic mass is 10.1. The summed E-state index contributed by atoms with van der Waals surface area (Å²) in [5.41, 5.74) is 7.26. The monoisotopic (exact) mass is 245 g/mol. The highest BCUT2D eigenvalue weighted by Crippen LogP contribution is 2.21. The van der Waals surface area contributed by atoms with E-state index in [4.69, 9.17) is 10.8 Å². The fourth-order valence-corrected chi connectivity index (χ4v) is 1.77. The van der Waals surface area contributed by atoms with Gasteiger partial charge in [0.1, 0.15) is 17.1 Å². The zero-order valence-electron chi connectivity index (χ0n) is 7.45. The number of benzene rings is 1. The Morgan fingerprint density at radius 2 is 2.20 bits per heavy atom. The Morgan fingerprint density at radius 3 is 2.87 bits per heavy atom. The summed E-state index contributed by atoms with van der Waals surface area (Å²) in [5.74, 6) is -1.06. The molecule has 1 unspecified atom stereocenters. The minimum absolute atomic E-state index is 0. The van der Waals surface area contributed by atoms with Gasteiger partial charge in [0.15, 0.2) is 0 Å². The quantitative estimate of drug-likeness (QED) is 0.830. The van der Waals surface area contributed by atoms with Gasteiger partial charge >= 0.3 is 5.97 Å². The number of carboxylic acid groups (broad SMARTS) is 1. The van der Waals surface area contributed by atoms with Gasteiger partial charge in [-0.3, -0.25) is 4.79 Å². The number of nitrogens with zero attached hydrogens (tertiary/aromatic N) is 2.